The summed E-state index contributed by atoms with van der Waals surface area (Å²) in [7, 11) is 0. The van der Waals surface area contributed by atoms with Crippen LogP contribution >= 0.6 is 11.3 Å². The fourth-order valence-electron chi connectivity index (χ4n) is 1.02. The van der Waals surface area contributed by atoms with Gasteiger partial charge in [0.25, 0.3) is 0 Å². The molecule has 1 atom stereocenters. The van der Waals surface area contributed by atoms with Crippen LogP contribution in [0, 0.1) is 5.92 Å². The van der Waals surface area contributed by atoms with Gasteiger partial charge in [-0.05, 0) is 0 Å². The van der Waals surface area contributed by atoms with Gasteiger partial charge < -0.3 is 5.32 Å². The molecule has 78 valence electrons. The molecule has 0 spiro atoms. The summed E-state index contributed by atoms with van der Waals surface area (Å²) in [6.45, 7) is 6.52. The van der Waals surface area contributed by atoms with Gasteiger partial charge in [0, 0.05) is 30.0 Å². The number of rotatable bonds is 4. The fourth-order valence-corrected chi connectivity index (χ4v) is 1.72. The molecule has 1 amide bonds. The van der Waals surface area contributed by atoms with E-state index in [1.165, 1.54) is 0 Å². The summed E-state index contributed by atoms with van der Waals surface area (Å²) in [6, 6.07) is 0. The monoisotopic (exact) mass is 212 g/mol. The van der Waals surface area contributed by atoms with Crippen molar-refractivity contribution < 1.29 is 4.79 Å². The molecule has 1 N–H and O–H groups in total. The molecule has 0 saturated carbocycles. The van der Waals surface area contributed by atoms with Crippen LogP contribution in [0.5, 0.6) is 0 Å². The number of aromatic nitrogens is 1. The number of hydrogen-bond donors (Lipinski definition) is 1. The number of carbonyl (C=O) groups excluding carboxylic acids is 1. The molecule has 0 aliphatic rings. The first-order valence-electron chi connectivity index (χ1n) is 4.78. The zero-order valence-electron chi connectivity index (χ0n) is 8.78. The Labute approximate surface area is 88.6 Å². The molecule has 1 heterocycles. The topological polar surface area (TPSA) is 42.0 Å². The average molecular weight is 212 g/mol. The molecule has 0 bridgehead atoms. The molecular weight excluding hydrogens is 196 g/mol. The van der Waals surface area contributed by atoms with Gasteiger partial charge in [-0.2, -0.15) is 0 Å². The Morgan fingerprint density at radius 2 is 2.29 bits per heavy atom. The summed E-state index contributed by atoms with van der Waals surface area (Å²) in [5, 5.41) is 5.93. The van der Waals surface area contributed by atoms with Crippen molar-refractivity contribution >= 4 is 17.2 Å². The molecule has 14 heavy (non-hydrogen) atoms. The van der Waals surface area contributed by atoms with Gasteiger partial charge in [-0.3, -0.25) is 4.79 Å². The number of thiazole rings is 1. The zero-order chi connectivity index (χ0) is 10.6. The summed E-state index contributed by atoms with van der Waals surface area (Å²) in [5.74, 6) is 0.463. The van der Waals surface area contributed by atoms with Crippen molar-refractivity contribution in [3.05, 3.63) is 16.6 Å². The molecule has 0 aliphatic heterocycles. The lowest BCUT2D eigenvalue weighted by atomic mass is 10.1. The maximum Gasteiger partial charge on any atom is 0.222 e. The van der Waals surface area contributed by atoms with Crippen LogP contribution in [0.15, 0.2) is 11.6 Å². The summed E-state index contributed by atoms with van der Waals surface area (Å²) in [4.78, 5) is 15.5. The second-order valence-electron chi connectivity index (χ2n) is 3.67. The fraction of sp³-hybridized carbons (Fsp3) is 0.600. The van der Waals surface area contributed by atoms with Crippen LogP contribution in [0.4, 0.5) is 0 Å². The lowest BCUT2D eigenvalue weighted by Crippen LogP contribution is -2.30. The highest BCUT2D eigenvalue weighted by Crippen LogP contribution is 2.16. The predicted molar refractivity (Wildman–Crippen MR) is 58.4 cm³/mol. The maximum absolute atomic E-state index is 11.3. The third-order valence-corrected chi connectivity index (χ3v) is 2.99. The molecular formula is C10H16N2OS. The van der Waals surface area contributed by atoms with Crippen LogP contribution in [0.3, 0.4) is 0 Å². The first kappa shape index (κ1) is 11.2. The molecule has 3 nitrogen and oxygen atoms in total. The molecule has 4 heteroatoms. The van der Waals surface area contributed by atoms with Crippen molar-refractivity contribution in [3.8, 4) is 0 Å². The van der Waals surface area contributed by atoms with E-state index in [0.29, 0.717) is 12.5 Å². The Bertz CT molecular complexity index is 282. The minimum absolute atomic E-state index is 0.0542. The van der Waals surface area contributed by atoms with Crippen molar-refractivity contribution in [1.82, 2.24) is 10.3 Å². The van der Waals surface area contributed by atoms with Crippen LogP contribution < -0.4 is 5.32 Å². The van der Waals surface area contributed by atoms with Gasteiger partial charge in [-0.25, -0.2) is 4.98 Å². The SMILES string of the molecule is CC(C)C(=O)NCC(C)c1nccs1. The molecule has 0 aromatic carbocycles. The number of carbonyl (C=O) groups is 1. The van der Waals surface area contributed by atoms with Gasteiger partial charge in [0.1, 0.15) is 0 Å². The molecule has 1 aromatic rings. The first-order chi connectivity index (χ1) is 6.61. The molecule has 0 radical (unpaired) electrons. The van der Waals surface area contributed by atoms with E-state index < -0.39 is 0 Å². The van der Waals surface area contributed by atoms with Gasteiger partial charge in [0.2, 0.25) is 5.91 Å². The Hall–Kier alpha value is -0.900. The largest absolute Gasteiger partial charge is 0.355 e. The van der Waals surface area contributed by atoms with Crippen LogP contribution in [0.25, 0.3) is 0 Å². The van der Waals surface area contributed by atoms with Gasteiger partial charge in [-0.1, -0.05) is 20.8 Å². The molecule has 0 fully saturated rings. The highest BCUT2D eigenvalue weighted by Gasteiger charge is 2.11. The number of hydrogen-bond acceptors (Lipinski definition) is 3. The second-order valence-corrected chi connectivity index (χ2v) is 4.60. The van der Waals surface area contributed by atoms with E-state index in [4.69, 9.17) is 0 Å². The average Bonchev–Trinajstić information content (AvgIpc) is 2.66. The number of nitrogens with zero attached hydrogens (tertiary/aromatic N) is 1. The van der Waals surface area contributed by atoms with Crippen LogP contribution in [-0.4, -0.2) is 17.4 Å². The highest BCUT2D eigenvalue weighted by atomic mass is 32.1. The minimum atomic E-state index is 0.0542. The van der Waals surface area contributed by atoms with Crippen molar-refractivity contribution in [2.75, 3.05) is 6.54 Å². The highest BCUT2D eigenvalue weighted by molar-refractivity contribution is 7.09. The minimum Gasteiger partial charge on any atom is -0.355 e. The van der Waals surface area contributed by atoms with Crippen molar-refractivity contribution in [1.29, 1.82) is 0 Å². The summed E-state index contributed by atoms with van der Waals surface area (Å²) >= 11 is 1.63. The van der Waals surface area contributed by atoms with Crippen molar-refractivity contribution in [3.63, 3.8) is 0 Å². The third-order valence-electron chi connectivity index (χ3n) is 1.98. The lowest BCUT2D eigenvalue weighted by Gasteiger charge is -2.11. The summed E-state index contributed by atoms with van der Waals surface area (Å²) < 4.78 is 0. The van der Waals surface area contributed by atoms with E-state index in [-0.39, 0.29) is 11.8 Å². The second kappa shape index (κ2) is 5.10. The van der Waals surface area contributed by atoms with Crippen molar-refractivity contribution in [2.24, 2.45) is 5.92 Å². The Morgan fingerprint density at radius 3 is 2.79 bits per heavy atom. The van der Waals surface area contributed by atoms with Gasteiger partial charge in [-0.15, -0.1) is 11.3 Å². The third kappa shape index (κ3) is 3.10. The number of nitrogens with one attached hydrogen (secondary N) is 1. The van der Waals surface area contributed by atoms with E-state index in [1.54, 1.807) is 17.5 Å². The van der Waals surface area contributed by atoms with Crippen molar-refractivity contribution in [2.45, 2.75) is 26.7 Å². The summed E-state index contributed by atoms with van der Waals surface area (Å²) in [5.41, 5.74) is 0. The van der Waals surface area contributed by atoms with E-state index in [0.717, 1.165) is 5.01 Å². The quantitative estimate of drug-likeness (QED) is 0.829. The Morgan fingerprint density at radius 1 is 1.57 bits per heavy atom. The predicted octanol–water partition coefficient (Wildman–Crippen LogP) is 2.02. The maximum atomic E-state index is 11.3. The van der Waals surface area contributed by atoms with Crippen LogP contribution in [0.1, 0.15) is 31.7 Å². The summed E-state index contributed by atoms with van der Waals surface area (Å²) in [6.07, 6.45) is 1.79. The van der Waals surface area contributed by atoms with E-state index in [1.807, 2.05) is 19.2 Å². The van der Waals surface area contributed by atoms with Gasteiger partial charge >= 0.3 is 0 Å². The smallest absolute Gasteiger partial charge is 0.222 e. The van der Waals surface area contributed by atoms with Gasteiger partial charge in [0.05, 0.1) is 5.01 Å². The van der Waals surface area contributed by atoms with Gasteiger partial charge in [0.15, 0.2) is 0 Å². The van der Waals surface area contributed by atoms with E-state index >= 15 is 0 Å². The molecule has 1 aromatic heterocycles. The Kier molecular flexibility index (Phi) is 4.07. The molecule has 1 rings (SSSR count). The molecule has 1 unspecified atom stereocenters. The van der Waals surface area contributed by atoms with Crippen LogP contribution in [-0.2, 0) is 4.79 Å². The number of amides is 1. The first-order valence-corrected chi connectivity index (χ1v) is 5.66. The Balaban J connectivity index is 2.36. The standard InChI is InChI=1S/C10H16N2OS/c1-7(2)9(13)12-6-8(3)10-11-4-5-14-10/h4-5,7-8H,6H2,1-3H3,(H,12,13). The zero-order valence-corrected chi connectivity index (χ0v) is 9.60. The molecule has 0 saturated heterocycles. The normalized spacial score (nSPS) is 12.9. The lowest BCUT2D eigenvalue weighted by molar-refractivity contribution is -0.124. The van der Waals surface area contributed by atoms with E-state index in [9.17, 15) is 4.79 Å². The van der Waals surface area contributed by atoms with E-state index in [2.05, 4.69) is 17.2 Å². The molecule has 0 aliphatic carbocycles. The van der Waals surface area contributed by atoms with Crippen LogP contribution in [0.2, 0.25) is 0 Å².